The first-order chi connectivity index (χ1) is 13.0. The average Bonchev–Trinajstić information content (AvgIpc) is 3.24. The molecule has 3 aromatic rings. The van der Waals surface area contributed by atoms with E-state index in [2.05, 4.69) is 16.8 Å². The van der Waals surface area contributed by atoms with E-state index in [4.69, 9.17) is 9.15 Å². The number of aliphatic hydroxyl groups excluding tert-OH is 1. The van der Waals surface area contributed by atoms with Crippen molar-refractivity contribution in [2.75, 3.05) is 13.2 Å². The van der Waals surface area contributed by atoms with Gasteiger partial charge in [0.25, 0.3) is 0 Å². The summed E-state index contributed by atoms with van der Waals surface area (Å²) in [7, 11) is 0. The summed E-state index contributed by atoms with van der Waals surface area (Å²) in [6.45, 7) is 7.54. The second-order valence-electron chi connectivity index (χ2n) is 6.61. The molecule has 0 fully saturated rings. The highest BCUT2D eigenvalue weighted by atomic mass is 16.5. The normalized spacial score (nSPS) is 12.4. The second-order valence-corrected chi connectivity index (χ2v) is 6.61. The number of nitrogens with zero attached hydrogens (tertiary/aromatic N) is 1. The number of hydrogen-bond acceptors (Lipinski definition) is 5. The van der Waals surface area contributed by atoms with Crippen LogP contribution < -0.4 is 10.1 Å². The van der Waals surface area contributed by atoms with Crippen LogP contribution in [0.2, 0.25) is 0 Å². The predicted octanol–water partition coefficient (Wildman–Crippen LogP) is 3.29. The minimum Gasteiger partial charge on any atom is -0.491 e. The zero-order valence-corrected chi connectivity index (χ0v) is 16.0. The quantitative estimate of drug-likeness (QED) is 0.565. The summed E-state index contributed by atoms with van der Waals surface area (Å²) in [6.07, 6.45) is 0.972. The number of rotatable bonds is 9. The van der Waals surface area contributed by atoms with Crippen LogP contribution in [0, 0.1) is 6.92 Å². The van der Waals surface area contributed by atoms with Gasteiger partial charge in [-0.15, -0.1) is 0 Å². The fourth-order valence-electron chi connectivity index (χ4n) is 3.43. The SMILES string of the molecule is CCn1c(C)c(C(C)=O)c2cc(OCC(O)CNCc3ccco3)ccc21. The van der Waals surface area contributed by atoms with E-state index < -0.39 is 6.10 Å². The number of ether oxygens (including phenoxy) is 1. The topological polar surface area (TPSA) is 76.6 Å². The number of furan rings is 1. The van der Waals surface area contributed by atoms with Gasteiger partial charge in [-0.05, 0) is 51.1 Å². The number of Topliss-reactive ketones (excluding diaryl/α,β-unsaturated/α-hetero) is 1. The van der Waals surface area contributed by atoms with Crippen LogP contribution in [0.25, 0.3) is 10.9 Å². The number of hydrogen-bond donors (Lipinski definition) is 2. The number of carbonyl (C=O) groups is 1. The monoisotopic (exact) mass is 370 g/mol. The van der Waals surface area contributed by atoms with Gasteiger partial charge in [0.05, 0.1) is 12.8 Å². The van der Waals surface area contributed by atoms with E-state index in [1.165, 1.54) is 0 Å². The van der Waals surface area contributed by atoms with Gasteiger partial charge in [0, 0.05) is 35.2 Å². The van der Waals surface area contributed by atoms with Gasteiger partial charge in [0.1, 0.15) is 24.2 Å². The molecule has 3 rings (SSSR count). The Morgan fingerprint density at radius 3 is 2.85 bits per heavy atom. The first kappa shape index (κ1) is 19.2. The van der Waals surface area contributed by atoms with Gasteiger partial charge >= 0.3 is 0 Å². The molecule has 0 spiro atoms. The lowest BCUT2D eigenvalue weighted by Gasteiger charge is -2.13. The Hall–Kier alpha value is -2.57. The van der Waals surface area contributed by atoms with Crippen LogP contribution in [0.5, 0.6) is 5.75 Å². The van der Waals surface area contributed by atoms with Crippen molar-refractivity contribution in [2.45, 2.75) is 40.0 Å². The van der Waals surface area contributed by atoms with Gasteiger partial charge < -0.3 is 24.1 Å². The molecule has 0 aliphatic rings. The summed E-state index contributed by atoms with van der Waals surface area (Å²) < 4.78 is 13.1. The lowest BCUT2D eigenvalue weighted by molar-refractivity contribution is 0.101. The van der Waals surface area contributed by atoms with Crippen LogP contribution in [0.15, 0.2) is 41.0 Å². The van der Waals surface area contributed by atoms with Crippen molar-refractivity contribution in [3.63, 3.8) is 0 Å². The number of nitrogens with one attached hydrogen (secondary N) is 1. The smallest absolute Gasteiger partial charge is 0.162 e. The highest BCUT2D eigenvalue weighted by molar-refractivity contribution is 6.08. The molecule has 0 bridgehead atoms. The van der Waals surface area contributed by atoms with Gasteiger partial charge in [0.2, 0.25) is 0 Å². The third-order valence-electron chi connectivity index (χ3n) is 4.66. The summed E-state index contributed by atoms with van der Waals surface area (Å²) in [5, 5.41) is 14.1. The molecule has 0 aliphatic carbocycles. The van der Waals surface area contributed by atoms with Crippen molar-refractivity contribution in [1.29, 1.82) is 0 Å². The highest BCUT2D eigenvalue weighted by Crippen LogP contribution is 2.29. The van der Waals surface area contributed by atoms with Gasteiger partial charge in [-0.25, -0.2) is 0 Å². The van der Waals surface area contributed by atoms with Crippen molar-refractivity contribution in [3.8, 4) is 5.75 Å². The Balaban J connectivity index is 1.64. The zero-order chi connectivity index (χ0) is 19.4. The molecule has 27 heavy (non-hydrogen) atoms. The highest BCUT2D eigenvalue weighted by Gasteiger charge is 2.17. The molecular formula is C21H26N2O4. The van der Waals surface area contributed by atoms with Crippen LogP contribution in [-0.2, 0) is 13.1 Å². The van der Waals surface area contributed by atoms with Gasteiger partial charge in [-0.3, -0.25) is 4.79 Å². The molecule has 0 radical (unpaired) electrons. The molecule has 0 saturated carbocycles. The maximum atomic E-state index is 12.1. The fourth-order valence-corrected chi connectivity index (χ4v) is 3.43. The standard InChI is InChI=1S/C21H26N2O4/c1-4-23-14(2)21(15(3)24)19-10-17(7-8-20(19)23)27-13-16(25)11-22-12-18-6-5-9-26-18/h5-10,16,22,25H,4,11-13H2,1-3H3. The molecule has 6 nitrogen and oxygen atoms in total. The summed E-state index contributed by atoms with van der Waals surface area (Å²) in [6, 6.07) is 9.43. The van der Waals surface area contributed by atoms with Crippen molar-refractivity contribution in [1.82, 2.24) is 9.88 Å². The summed E-state index contributed by atoms with van der Waals surface area (Å²) in [5.74, 6) is 1.51. The largest absolute Gasteiger partial charge is 0.491 e. The van der Waals surface area contributed by atoms with Crippen LogP contribution in [-0.4, -0.2) is 34.7 Å². The van der Waals surface area contributed by atoms with Crippen molar-refractivity contribution >= 4 is 16.7 Å². The number of benzene rings is 1. The molecule has 1 atom stereocenters. The maximum Gasteiger partial charge on any atom is 0.162 e. The molecule has 0 amide bonds. The third-order valence-corrected chi connectivity index (χ3v) is 4.66. The fraction of sp³-hybridized carbons (Fsp3) is 0.381. The van der Waals surface area contributed by atoms with Crippen molar-refractivity contribution in [2.24, 2.45) is 0 Å². The molecule has 0 saturated heterocycles. The Labute approximate surface area is 158 Å². The third kappa shape index (κ3) is 4.23. The number of aliphatic hydroxyl groups is 1. The van der Waals surface area contributed by atoms with Crippen LogP contribution in [0.3, 0.4) is 0 Å². The van der Waals surface area contributed by atoms with Crippen LogP contribution in [0.1, 0.15) is 35.7 Å². The van der Waals surface area contributed by atoms with Gasteiger partial charge in [-0.2, -0.15) is 0 Å². The summed E-state index contributed by atoms with van der Waals surface area (Å²) >= 11 is 0. The van der Waals surface area contributed by atoms with Crippen LogP contribution >= 0.6 is 0 Å². The number of fused-ring (bicyclic) bond motifs is 1. The van der Waals surface area contributed by atoms with Crippen molar-refractivity contribution in [3.05, 3.63) is 53.6 Å². The molecule has 1 unspecified atom stereocenters. The zero-order valence-electron chi connectivity index (χ0n) is 16.0. The molecule has 0 aliphatic heterocycles. The Kier molecular flexibility index (Phi) is 5.98. The number of aromatic nitrogens is 1. The first-order valence-electron chi connectivity index (χ1n) is 9.19. The summed E-state index contributed by atoms with van der Waals surface area (Å²) in [4.78, 5) is 12.1. The molecule has 6 heteroatoms. The first-order valence-corrected chi connectivity index (χ1v) is 9.19. The lowest BCUT2D eigenvalue weighted by atomic mass is 10.1. The van der Waals surface area contributed by atoms with E-state index in [9.17, 15) is 9.90 Å². The summed E-state index contributed by atoms with van der Waals surface area (Å²) in [5.41, 5.74) is 2.73. The molecule has 2 N–H and O–H groups in total. The Bertz CT molecular complexity index is 912. The molecule has 1 aromatic carbocycles. The average molecular weight is 370 g/mol. The number of carbonyl (C=O) groups excluding carboxylic acids is 1. The molecule has 2 heterocycles. The van der Waals surface area contributed by atoms with E-state index >= 15 is 0 Å². The van der Waals surface area contributed by atoms with Crippen molar-refractivity contribution < 1.29 is 19.1 Å². The van der Waals surface area contributed by atoms with Crippen LogP contribution in [0.4, 0.5) is 0 Å². The van der Waals surface area contributed by atoms with E-state index in [1.807, 2.05) is 37.3 Å². The number of aryl methyl sites for hydroxylation is 1. The molecule has 144 valence electrons. The molecule has 2 aromatic heterocycles. The van der Waals surface area contributed by atoms with E-state index in [0.29, 0.717) is 18.8 Å². The second kappa shape index (κ2) is 8.41. The number of ketones is 1. The van der Waals surface area contributed by atoms with E-state index in [-0.39, 0.29) is 12.4 Å². The van der Waals surface area contributed by atoms with Gasteiger partial charge in [-0.1, -0.05) is 0 Å². The van der Waals surface area contributed by atoms with Gasteiger partial charge in [0.15, 0.2) is 5.78 Å². The molecular weight excluding hydrogens is 344 g/mol. The lowest BCUT2D eigenvalue weighted by Crippen LogP contribution is -2.31. The Morgan fingerprint density at radius 2 is 2.19 bits per heavy atom. The van der Waals surface area contributed by atoms with E-state index in [0.717, 1.165) is 34.5 Å². The minimum atomic E-state index is -0.648. The van der Waals surface area contributed by atoms with E-state index in [1.54, 1.807) is 13.2 Å². The Morgan fingerprint density at radius 1 is 1.37 bits per heavy atom. The minimum absolute atomic E-state index is 0.0454. The maximum absolute atomic E-state index is 12.1. The predicted molar refractivity (Wildman–Crippen MR) is 104 cm³/mol.